The van der Waals surface area contributed by atoms with Gasteiger partial charge in [-0.15, -0.1) is 11.3 Å². The van der Waals surface area contributed by atoms with Gasteiger partial charge in [-0.25, -0.2) is 9.19 Å². The summed E-state index contributed by atoms with van der Waals surface area (Å²) in [6.07, 6.45) is 1.56. The maximum Gasteiger partial charge on any atom is 0.272 e. The SMILES string of the molecule is CS(=O)Nc1ccc(NC(=O)c2cc3scnc3[nH]2)cc1. The fourth-order valence-corrected chi connectivity index (χ4v) is 3.00. The van der Waals surface area contributed by atoms with Crippen molar-refractivity contribution in [1.29, 1.82) is 0 Å². The van der Waals surface area contributed by atoms with Crippen molar-refractivity contribution in [2.75, 3.05) is 16.3 Å². The number of nitrogens with one attached hydrogen (secondary N) is 3. The van der Waals surface area contributed by atoms with E-state index < -0.39 is 11.0 Å². The first-order valence-corrected chi connectivity index (χ1v) is 8.49. The molecule has 6 nitrogen and oxygen atoms in total. The lowest BCUT2D eigenvalue weighted by Gasteiger charge is -2.06. The Labute approximate surface area is 127 Å². The molecule has 0 spiro atoms. The number of H-pyrrole nitrogens is 1. The van der Waals surface area contributed by atoms with E-state index in [-0.39, 0.29) is 5.91 Å². The summed E-state index contributed by atoms with van der Waals surface area (Å²) in [6.45, 7) is 0. The number of thiazole rings is 1. The topological polar surface area (TPSA) is 86.9 Å². The number of hydrogen-bond donors (Lipinski definition) is 3. The van der Waals surface area contributed by atoms with Crippen molar-refractivity contribution >= 4 is 50.0 Å². The molecular weight excluding hydrogens is 308 g/mol. The van der Waals surface area contributed by atoms with Crippen LogP contribution in [-0.2, 0) is 11.0 Å². The lowest BCUT2D eigenvalue weighted by molar-refractivity contribution is 0.102. The van der Waals surface area contributed by atoms with E-state index >= 15 is 0 Å². The lowest BCUT2D eigenvalue weighted by atomic mass is 10.3. The molecule has 3 rings (SSSR count). The average Bonchev–Trinajstić information content (AvgIpc) is 3.01. The summed E-state index contributed by atoms with van der Waals surface area (Å²) in [5, 5.41) is 2.79. The molecule has 0 fully saturated rings. The van der Waals surface area contributed by atoms with Crippen LogP contribution in [0.2, 0.25) is 0 Å². The number of aromatic amines is 1. The molecule has 3 N–H and O–H groups in total. The summed E-state index contributed by atoms with van der Waals surface area (Å²) in [5.74, 6) is -0.222. The number of anilines is 2. The molecule has 1 unspecified atom stereocenters. The van der Waals surface area contributed by atoms with E-state index in [1.54, 1.807) is 42.1 Å². The fourth-order valence-electron chi connectivity index (χ4n) is 1.85. The molecule has 3 aromatic rings. The third-order valence-corrected chi connectivity index (χ3v) is 4.07. The van der Waals surface area contributed by atoms with Gasteiger partial charge in [0.15, 0.2) is 0 Å². The second-order valence-electron chi connectivity index (χ2n) is 4.34. The van der Waals surface area contributed by atoms with Gasteiger partial charge in [0.2, 0.25) is 0 Å². The zero-order valence-corrected chi connectivity index (χ0v) is 12.7. The average molecular weight is 320 g/mol. The maximum absolute atomic E-state index is 12.1. The van der Waals surface area contributed by atoms with Gasteiger partial charge in [0.05, 0.1) is 10.2 Å². The predicted octanol–water partition coefficient (Wildman–Crippen LogP) is 2.58. The molecule has 2 heterocycles. The zero-order valence-electron chi connectivity index (χ0n) is 11.0. The van der Waals surface area contributed by atoms with Crippen molar-refractivity contribution in [3.63, 3.8) is 0 Å². The number of rotatable bonds is 4. The number of aromatic nitrogens is 2. The number of carbonyl (C=O) groups excluding carboxylic acids is 1. The van der Waals surface area contributed by atoms with Crippen LogP contribution < -0.4 is 10.0 Å². The Balaban J connectivity index is 1.72. The van der Waals surface area contributed by atoms with Crippen molar-refractivity contribution in [2.24, 2.45) is 0 Å². The molecule has 1 amide bonds. The van der Waals surface area contributed by atoms with E-state index in [0.29, 0.717) is 11.4 Å². The van der Waals surface area contributed by atoms with Crippen LogP contribution in [-0.4, -0.2) is 26.3 Å². The summed E-state index contributed by atoms with van der Waals surface area (Å²) in [5.41, 5.74) is 4.32. The minimum atomic E-state index is -1.12. The molecule has 0 radical (unpaired) electrons. The predicted molar refractivity (Wildman–Crippen MR) is 86.1 cm³/mol. The Kier molecular flexibility index (Phi) is 3.72. The van der Waals surface area contributed by atoms with Gasteiger partial charge >= 0.3 is 0 Å². The largest absolute Gasteiger partial charge is 0.334 e. The summed E-state index contributed by atoms with van der Waals surface area (Å²) >= 11 is 1.48. The van der Waals surface area contributed by atoms with Crippen molar-refractivity contribution in [2.45, 2.75) is 0 Å². The van der Waals surface area contributed by atoms with E-state index in [0.717, 1.165) is 16.0 Å². The minimum Gasteiger partial charge on any atom is -0.334 e. The molecule has 21 heavy (non-hydrogen) atoms. The zero-order chi connectivity index (χ0) is 14.8. The molecule has 0 aliphatic heterocycles. The van der Waals surface area contributed by atoms with E-state index in [9.17, 15) is 9.00 Å². The van der Waals surface area contributed by atoms with Crippen LogP contribution in [0.5, 0.6) is 0 Å². The monoisotopic (exact) mass is 320 g/mol. The number of nitrogens with zero attached hydrogens (tertiary/aromatic N) is 1. The number of benzene rings is 1. The van der Waals surface area contributed by atoms with Crippen molar-refractivity contribution in [3.8, 4) is 0 Å². The summed E-state index contributed by atoms with van der Waals surface area (Å²) in [7, 11) is -1.12. The van der Waals surface area contributed by atoms with Crippen LogP contribution in [0.4, 0.5) is 11.4 Å². The first kappa shape index (κ1) is 13.8. The Morgan fingerprint density at radius 2 is 2.00 bits per heavy atom. The second kappa shape index (κ2) is 5.66. The second-order valence-corrected chi connectivity index (χ2v) is 6.33. The summed E-state index contributed by atoms with van der Waals surface area (Å²) in [4.78, 5) is 19.2. The number of carbonyl (C=O) groups is 1. The third kappa shape index (κ3) is 3.11. The molecule has 1 atom stereocenters. The van der Waals surface area contributed by atoms with Crippen molar-refractivity contribution in [3.05, 3.63) is 41.5 Å². The Bertz CT molecular complexity index is 779. The van der Waals surface area contributed by atoms with E-state index in [1.165, 1.54) is 11.3 Å². The van der Waals surface area contributed by atoms with Gasteiger partial charge in [0, 0.05) is 17.6 Å². The molecular formula is C13H12N4O2S2. The van der Waals surface area contributed by atoms with Gasteiger partial charge in [-0.2, -0.15) is 0 Å². The third-order valence-electron chi connectivity index (χ3n) is 2.77. The Morgan fingerprint density at radius 3 is 2.67 bits per heavy atom. The van der Waals surface area contributed by atoms with Crippen LogP contribution in [0.25, 0.3) is 10.3 Å². The molecule has 8 heteroatoms. The van der Waals surface area contributed by atoms with E-state index in [2.05, 4.69) is 20.0 Å². The van der Waals surface area contributed by atoms with Gasteiger partial charge in [0.25, 0.3) is 5.91 Å². The van der Waals surface area contributed by atoms with Gasteiger partial charge in [-0.3, -0.25) is 4.79 Å². The number of hydrogen-bond acceptors (Lipinski definition) is 4. The molecule has 2 aromatic heterocycles. The molecule has 0 saturated carbocycles. The maximum atomic E-state index is 12.1. The highest BCUT2D eigenvalue weighted by atomic mass is 32.2. The van der Waals surface area contributed by atoms with Crippen molar-refractivity contribution < 1.29 is 9.00 Å². The van der Waals surface area contributed by atoms with Gasteiger partial charge in [-0.05, 0) is 30.3 Å². The molecule has 108 valence electrons. The summed E-state index contributed by atoms with van der Waals surface area (Å²) < 4.78 is 14.8. The first-order valence-electron chi connectivity index (χ1n) is 6.05. The highest BCUT2D eigenvalue weighted by Crippen LogP contribution is 2.20. The van der Waals surface area contributed by atoms with E-state index in [4.69, 9.17) is 0 Å². The minimum absolute atomic E-state index is 0.222. The first-order chi connectivity index (χ1) is 10.1. The highest BCUT2D eigenvalue weighted by molar-refractivity contribution is 7.85. The van der Waals surface area contributed by atoms with Crippen LogP contribution >= 0.6 is 11.3 Å². The molecule has 0 aliphatic carbocycles. The molecule has 1 aromatic carbocycles. The standard InChI is InChI=1S/C13H12N4O2S2/c1-21(19)17-9-4-2-8(3-5-9)15-13(18)10-6-11-12(16-10)14-7-20-11/h2-7,16-17H,1H3,(H,15,18). The van der Waals surface area contributed by atoms with Crippen LogP contribution in [0.3, 0.4) is 0 Å². The Hall–Kier alpha value is -2.19. The normalized spacial score (nSPS) is 12.2. The molecule has 0 aliphatic rings. The van der Waals surface area contributed by atoms with Gasteiger partial charge < -0.3 is 15.0 Å². The van der Waals surface area contributed by atoms with Crippen LogP contribution in [0, 0.1) is 0 Å². The van der Waals surface area contributed by atoms with Crippen LogP contribution in [0.1, 0.15) is 10.5 Å². The highest BCUT2D eigenvalue weighted by Gasteiger charge is 2.11. The smallest absolute Gasteiger partial charge is 0.272 e. The lowest BCUT2D eigenvalue weighted by Crippen LogP contribution is -2.12. The summed E-state index contributed by atoms with van der Waals surface area (Å²) in [6, 6.07) is 8.78. The van der Waals surface area contributed by atoms with Crippen molar-refractivity contribution in [1.82, 2.24) is 9.97 Å². The van der Waals surface area contributed by atoms with Crippen LogP contribution in [0.15, 0.2) is 35.8 Å². The number of amides is 1. The fraction of sp³-hybridized carbons (Fsp3) is 0.0769. The number of fused-ring (bicyclic) bond motifs is 1. The van der Waals surface area contributed by atoms with Gasteiger partial charge in [0.1, 0.15) is 22.3 Å². The molecule has 0 saturated heterocycles. The van der Waals surface area contributed by atoms with E-state index in [1.807, 2.05) is 0 Å². The molecule has 0 bridgehead atoms. The quantitative estimate of drug-likeness (QED) is 0.690. The van der Waals surface area contributed by atoms with Gasteiger partial charge in [-0.1, -0.05) is 0 Å². The Morgan fingerprint density at radius 1 is 1.29 bits per heavy atom.